The summed E-state index contributed by atoms with van der Waals surface area (Å²) < 4.78 is 12.7. The SMILES string of the molecule is O=C(O)[C@H]1Cc2ccc(F)cc2C1. The molecular formula is C10H9FO2. The summed E-state index contributed by atoms with van der Waals surface area (Å²) in [5.41, 5.74) is 1.81. The lowest BCUT2D eigenvalue weighted by molar-refractivity contribution is -0.141. The molecule has 0 amide bonds. The van der Waals surface area contributed by atoms with Crippen LogP contribution in [0.15, 0.2) is 18.2 Å². The Labute approximate surface area is 75.0 Å². The van der Waals surface area contributed by atoms with Gasteiger partial charge >= 0.3 is 5.97 Å². The molecule has 13 heavy (non-hydrogen) atoms. The standard InChI is InChI=1S/C10H9FO2/c11-9-2-1-6-3-8(10(12)13)4-7(6)5-9/h1-2,5,8H,3-4H2,(H,12,13)/t8-/m0/s1. The third kappa shape index (κ3) is 1.41. The van der Waals surface area contributed by atoms with Crippen molar-refractivity contribution >= 4 is 5.97 Å². The fourth-order valence-corrected chi connectivity index (χ4v) is 1.76. The van der Waals surface area contributed by atoms with Crippen molar-refractivity contribution in [1.82, 2.24) is 0 Å². The van der Waals surface area contributed by atoms with E-state index in [4.69, 9.17) is 5.11 Å². The normalized spacial score (nSPS) is 19.9. The molecule has 0 bridgehead atoms. The van der Waals surface area contributed by atoms with Crippen molar-refractivity contribution < 1.29 is 14.3 Å². The highest BCUT2D eigenvalue weighted by Crippen LogP contribution is 2.27. The van der Waals surface area contributed by atoms with Crippen LogP contribution in [0.25, 0.3) is 0 Å². The molecule has 0 radical (unpaired) electrons. The molecule has 0 unspecified atom stereocenters. The van der Waals surface area contributed by atoms with Gasteiger partial charge in [0.15, 0.2) is 0 Å². The van der Waals surface area contributed by atoms with E-state index >= 15 is 0 Å². The Kier molecular flexibility index (Phi) is 1.79. The Balaban J connectivity index is 2.30. The van der Waals surface area contributed by atoms with Gasteiger partial charge in [0.2, 0.25) is 0 Å². The van der Waals surface area contributed by atoms with Crippen LogP contribution in [0.2, 0.25) is 0 Å². The Morgan fingerprint density at radius 1 is 1.38 bits per heavy atom. The maximum Gasteiger partial charge on any atom is 0.307 e. The molecule has 0 heterocycles. The highest BCUT2D eigenvalue weighted by Gasteiger charge is 2.26. The topological polar surface area (TPSA) is 37.3 Å². The molecule has 2 rings (SSSR count). The number of carboxylic acid groups (broad SMARTS) is 1. The van der Waals surface area contributed by atoms with Gasteiger partial charge in [0.05, 0.1) is 5.92 Å². The van der Waals surface area contributed by atoms with E-state index in [2.05, 4.69) is 0 Å². The summed E-state index contributed by atoms with van der Waals surface area (Å²) in [4.78, 5) is 10.7. The first-order valence-corrected chi connectivity index (χ1v) is 4.17. The number of carboxylic acids is 1. The summed E-state index contributed by atoms with van der Waals surface area (Å²) in [6.45, 7) is 0. The van der Waals surface area contributed by atoms with Gasteiger partial charge in [-0.05, 0) is 36.1 Å². The molecule has 1 aliphatic rings. The van der Waals surface area contributed by atoms with Crippen LogP contribution in [0.1, 0.15) is 11.1 Å². The molecule has 0 fully saturated rings. The summed E-state index contributed by atoms with van der Waals surface area (Å²) in [6, 6.07) is 4.48. The second kappa shape index (κ2) is 2.83. The number of hydrogen-bond donors (Lipinski definition) is 1. The van der Waals surface area contributed by atoms with Gasteiger partial charge in [0.25, 0.3) is 0 Å². The highest BCUT2D eigenvalue weighted by molar-refractivity contribution is 5.72. The van der Waals surface area contributed by atoms with Gasteiger partial charge in [-0.15, -0.1) is 0 Å². The van der Waals surface area contributed by atoms with Crippen molar-refractivity contribution in [3.63, 3.8) is 0 Å². The Morgan fingerprint density at radius 3 is 2.77 bits per heavy atom. The third-order valence-corrected chi connectivity index (χ3v) is 2.45. The van der Waals surface area contributed by atoms with Crippen LogP contribution < -0.4 is 0 Å². The van der Waals surface area contributed by atoms with Crippen LogP contribution in [0.5, 0.6) is 0 Å². The average Bonchev–Trinajstić information content (AvgIpc) is 2.46. The smallest absolute Gasteiger partial charge is 0.307 e. The maximum absolute atomic E-state index is 12.7. The molecule has 1 aromatic carbocycles. The molecule has 0 saturated heterocycles. The molecule has 0 aliphatic heterocycles. The average molecular weight is 180 g/mol. The molecule has 1 atom stereocenters. The van der Waals surface area contributed by atoms with Crippen molar-refractivity contribution in [2.45, 2.75) is 12.8 Å². The van der Waals surface area contributed by atoms with Crippen LogP contribution in [-0.4, -0.2) is 11.1 Å². The number of aliphatic carboxylic acids is 1. The Hall–Kier alpha value is -1.38. The zero-order valence-corrected chi connectivity index (χ0v) is 6.96. The van der Waals surface area contributed by atoms with Gasteiger partial charge in [0, 0.05) is 0 Å². The summed E-state index contributed by atoms with van der Waals surface area (Å²) in [5.74, 6) is -1.45. The van der Waals surface area contributed by atoms with Gasteiger partial charge in [-0.25, -0.2) is 4.39 Å². The zero-order chi connectivity index (χ0) is 9.42. The number of carbonyl (C=O) groups is 1. The molecule has 0 aromatic heterocycles. The van der Waals surface area contributed by atoms with Gasteiger partial charge in [-0.1, -0.05) is 6.07 Å². The van der Waals surface area contributed by atoms with Crippen LogP contribution in [0, 0.1) is 11.7 Å². The monoisotopic (exact) mass is 180 g/mol. The minimum atomic E-state index is -0.795. The number of rotatable bonds is 1. The van der Waals surface area contributed by atoms with Crippen molar-refractivity contribution in [3.8, 4) is 0 Å². The number of hydrogen-bond acceptors (Lipinski definition) is 1. The first-order chi connectivity index (χ1) is 6.16. The number of fused-ring (bicyclic) bond motifs is 1. The van der Waals surface area contributed by atoms with E-state index in [9.17, 15) is 9.18 Å². The van der Waals surface area contributed by atoms with E-state index in [0.717, 1.165) is 11.1 Å². The van der Waals surface area contributed by atoms with Crippen molar-refractivity contribution in [3.05, 3.63) is 35.1 Å². The number of halogens is 1. The van der Waals surface area contributed by atoms with Gasteiger partial charge in [-0.3, -0.25) is 4.79 Å². The fraction of sp³-hybridized carbons (Fsp3) is 0.300. The zero-order valence-electron chi connectivity index (χ0n) is 6.96. The largest absolute Gasteiger partial charge is 0.481 e. The summed E-state index contributed by atoms with van der Waals surface area (Å²) in [5, 5.41) is 8.76. The lowest BCUT2D eigenvalue weighted by Crippen LogP contribution is -2.12. The molecule has 68 valence electrons. The Bertz CT molecular complexity index is 360. The van der Waals surface area contributed by atoms with E-state index in [0.29, 0.717) is 12.8 Å². The van der Waals surface area contributed by atoms with Gasteiger partial charge in [0.1, 0.15) is 5.82 Å². The molecule has 0 saturated carbocycles. The first kappa shape index (κ1) is 8.23. The number of benzene rings is 1. The quantitative estimate of drug-likeness (QED) is 0.713. The van der Waals surface area contributed by atoms with E-state index < -0.39 is 5.97 Å². The second-order valence-electron chi connectivity index (χ2n) is 3.36. The lowest BCUT2D eigenvalue weighted by Gasteiger charge is -1.98. The van der Waals surface area contributed by atoms with E-state index in [-0.39, 0.29) is 11.7 Å². The van der Waals surface area contributed by atoms with Crippen LogP contribution in [-0.2, 0) is 17.6 Å². The van der Waals surface area contributed by atoms with Crippen molar-refractivity contribution in [2.75, 3.05) is 0 Å². The first-order valence-electron chi connectivity index (χ1n) is 4.17. The van der Waals surface area contributed by atoms with Gasteiger partial charge in [-0.2, -0.15) is 0 Å². The highest BCUT2D eigenvalue weighted by atomic mass is 19.1. The Morgan fingerprint density at radius 2 is 2.08 bits per heavy atom. The minimum Gasteiger partial charge on any atom is -0.481 e. The third-order valence-electron chi connectivity index (χ3n) is 2.45. The van der Waals surface area contributed by atoms with E-state index in [1.165, 1.54) is 12.1 Å². The van der Waals surface area contributed by atoms with Crippen LogP contribution >= 0.6 is 0 Å². The summed E-state index contributed by atoms with van der Waals surface area (Å²) >= 11 is 0. The molecule has 3 heteroatoms. The lowest BCUT2D eigenvalue weighted by atomic mass is 10.1. The van der Waals surface area contributed by atoms with Gasteiger partial charge < -0.3 is 5.11 Å². The fourth-order valence-electron chi connectivity index (χ4n) is 1.76. The molecule has 1 aliphatic carbocycles. The van der Waals surface area contributed by atoms with Crippen LogP contribution in [0.4, 0.5) is 4.39 Å². The summed E-state index contributed by atoms with van der Waals surface area (Å²) in [7, 11) is 0. The molecule has 1 N–H and O–H groups in total. The van der Waals surface area contributed by atoms with E-state index in [1.54, 1.807) is 6.07 Å². The molecule has 1 aromatic rings. The van der Waals surface area contributed by atoms with Crippen LogP contribution in [0.3, 0.4) is 0 Å². The predicted octanol–water partition coefficient (Wildman–Crippen LogP) is 1.63. The maximum atomic E-state index is 12.7. The van der Waals surface area contributed by atoms with Crippen molar-refractivity contribution in [1.29, 1.82) is 0 Å². The van der Waals surface area contributed by atoms with Crippen molar-refractivity contribution in [2.24, 2.45) is 5.92 Å². The summed E-state index contributed by atoms with van der Waals surface area (Å²) in [6.07, 6.45) is 0.993. The van der Waals surface area contributed by atoms with E-state index in [1.807, 2.05) is 0 Å². The molecular weight excluding hydrogens is 171 g/mol. The molecule has 2 nitrogen and oxygen atoms in total. The second-order valence-corrected chi connectivity index (χ2v) is 3.36. The minimum absolute atomic E-state index is 0.287. The predicted molar refractivity (Wildman–Crippen MR) is 44.9 cm³/mol. The molecule has 0 spiro atoms.